The van der Waals surface area contributed by atoms with Crippen LogP contribution in [-0.2, 0) is 6.18 Å². The summed E-state index contributed by atoms with van der Waals surface area (Å²) in [5.74, 6) is -2.55. The Morgan fingerprint density at radius 1 is 1.11 bits per heavy atom. The zero-order chi connectivity index (χ0) is 26.7. The van der Waals surface area contributed by atoms with Crippen molar-refractivity contribution in [2.75, 3.05) is 5.32 Å². The fourth-order valence-electron chi connectivity index (χ4n) is 3.23. The van der Waals surface area contributed by atoms with E-state index in [1.807, 2.05) is 0 Å². The molecule has 0 fully saturated rings. The van der Waals surface area contributed by atoms with Crippen molar-refractivity contribution in [3.8, 4) is 11.3 Å². The number of anilines is 1. The maximum absolute atomic E-state index is 14.0. The van der Waals surface area contributed by atoms with Crippen LogP contribution in [0.15, 0.2) is 49.2 Å². The smallest absolute Gasteiger partial charge is 0.306 e. The first-order valence-corrected chi connectivity index (χ1v) is 11.7. The maximum Gasteiger partial charge on any atom is 0.418 e. The fraction of sp³-hybridized carbons (Fsp3) is 0.174. The third-order valence-electron chi connectivity index (χ3n) is 5.05. The SMILES string of the molecule is C[C@H](CC(=O)c1cc(-c2cccnc2F)ncn1)c1ncc(C(=O)Nc2cc(C(F)(F)F)c(Cl)cn2)s1. The summed E-state index contributed by atoms with van der Waals surface area (Å²) in [6.07, 6.45) is -0.232. The van der Waals surface area contributed by atoms with Gasteiger partial charge in [0.15, 0.2) is 5.78 Å². The Morgan fingerprint density at radius 2 is 1.89 bits per heavy atom. The van der Waals surface area contributed by atoms with Gasteiger partial charge in [0.05, 0.1) is 33.0 Å². The first-order chi connectivity index (χ1) is 17.5. The van der Waals surface area contributed by atoms with Gasteiger partial charge >= 0.3 is 6.18 Å². The molecular formula is C23H15ClF4N6O2S. The van der Waals surface area contributed by atoms with Crippen LogP contribution in [-0.4, -0.2) is 36.6 Å². The quantitative estimate of drug-likeness (QED) is 0.175. The van der Waals surface area contributed by atoms with Crippen molar-refractivity contribution in [1.29, 1.82) is 0 Å². The predicted octanol–water partition coefficient (Wildman–Crippen LogP) is 5.83. The molecule has 4 heterocycles. The lowest BCUT2D eigenvalue weighted by Crippen LogP contribution is -2.13. The first-order valence-electron chi connectivity index (χ1n) is 10.5. The van der Waals surface area contributed by atoms with Crippen LogP contribution in [0.5, 0.6) is 0 Å². The number of carbonyl (C=O) groups is 2. The molecule has 4 aromatic rings. The van der Waals surface area contributed by atoms with Gasteiger partial charge in [-0.25, -0.2) is 24.9 Å². The number of hydrogen-bond acceptors (Lipinski definition) is 8. The Hall–Kier alpha value is -3.84. The number of Topliss-reactive ketones (excluding diaryl/α,β-unsaturated/α-hetero) is 1. The van der Waals surface area contributed by atoms with Crippen molar-refractivity contribution in [3.63, 3.8) is 0 Å². The van der Waals surface area contributed by atoms with Gasteiger partial charge in [-0.15, -0.1) is 11.3 Å². The number of halogens is 5. The minimum Gasteiger partial charge on any atom is -0.306 e. The van der Waals surface area contributed by atoms with Crippen LogP contribution in [0.1, 0.15) is 50.0 Å². The van der Waals surface area contributed by atoms with E-state index in [0.29, 0.717) is 11.1 Å². The molecule has 8 nitrogen and oxygen atoms in total. The molecule has 0 aliphatic carbocycles. The molecule has 14 heteroatoms. The molecule has 4 rings (SSSR count). The molecule has 190 valence electrons. The minimum absolute atomic E-state index is 0.0196. The van der Waals surface area contributed by atoms with Gasteiger partial charge in [-0.1, -0.05) is 18.5 Å². The van der Waals surface area contributed by atoms with Crippen molar-refractivity contribution in [2.45, 2.75) is 25.4 Å². The van der Waals surface area contributed by atoms with Crippen LogP contribution in [0.2, 0.25) is 5.02 Å². The molecule has 1 amide bonds. The summed E-state index contributed by atoms with van der Waals surface area (Å²) in [5, 5.41) is 2.14. The Bertz CT molecular complexity index is 1480. The van der Waals surface area contributed by atoms with Gasteiger partial charge in [0.25, 0.3) is 5.91 Å². The summed E-state index contributed by atoms with van der Waals surface area (Å²) in [7, 11) is 0. The van der Waals surface area contributed by atoms with Crippen molar-refractivity contribution < 1.29 is 27.2 Å². The largest absolute Gasteiger partial charge is 0.418 e. The van der Waals surface area contributed by atoms with Crippen LogP contribution in [0.25, 0.3) is 11.3 Å². The van der Waals surface area contributed by atoms with Crippen LogP contribution < -0.4 is 5.32 Å². The van der Waals surface area contributed by atoms with Crippen molar-refractivity contribution in [3.05, 3.63) is 81.3 Å². The molecule has 0 unspecified atom stereocenters. The molecule has 0 aliphatic heterocycles. The minimum atomic E-state index is -4.71. The van der Waals surface area contributed by atoms with Gasteiger partial charge in [-0.3, -0.25) is 9.59 Å². The van der Waals surface area contributed by atoms with Gasteiger partial charge in [0, 0.05) is 24.7 Å². The maximum atomic E-state index is 14.0. The molecule has 4 aromatic heterocycles. The Kier molecular flexibility index (Phi) is 7.55. The lowest BCUT2D eigenvalue weighted by molar-refractivity contribution is -0.137. The number of rotatable bonds is 7. The van der Waals surface area contributed by atoms with E-state index >= 15 is 0 Å². The standard InChI is InChI=1S/C23H15ClF4N6O2S/c1-11(5-17(35)16-7-15(32-10-33-16)12-3-2-4-29-20(12)25)22-31-9-18(37-22)21(36)34-19-6-13(23(26,27)28)14(24)8-30-19/h2-4,6-11H,5H2,1H3,(H,30,34,36)/t11-/m1/s1. The van der Waals surface area contributed by atoms with Gasteiger partial charge in [0.1, 0.15) is 22.7 Å². The molecule has 0 saturated carbocycles. The predicted molar refractivity (Wildman–Crippen MR) is 127 cm³/mol. The molecular weight excluding hydrogens is 536 g/mol. The summed E-state index contributed by atoms with van der Waals surface area (Å²) in [5.41, 5.74) is -0.728. The normalized spacial score (nSPS) is 12.3. The zero-order valence-corrected chi connectivity index (χ0v) is 20.3. The zero-order valence-electron chi connectivity index (χ0n) is 18.8. The molecule has 1 atom stereocenters. The molecule has 37 heavy (non-hydrogen) atoms. The number of amides is 1. The van der Waals surface area contributed by atoms with Crippen LogP contribution in [0.4, 0.5) is 23.4 Å². The number of hydrogen-bond donors (Lipinski definition) is 1. The van der Waals surface area contributed by atoms with E-state index in [4.69, 9.17) is 11.6 Å². The highest BCUT2D eigenvalue weighted by Crippen LogP contribution is 2.35. The number of carbonyl (C=O) groups excluding carboxylic acids is 2. The average molecular weight is 551 g/mol. The van der Waals surface area contributed by atoms with Gasteiger partial charge in [-0.2, -0.15) is 17.6 Å². The number of alkyl halides is 3. The summed E-state index contributed by atoms with van der Waals surface area (Å²) in [6, 6.07) is 5.02. The molecule has 0 saturated heterocycles. The number of nitrogens with one attached hydrogen (secondary N) is 1. The second kappa shape index (κ2) is 10.6. The Balaban J connectivity index is 1.44. The number of ketones is 1. The highest BCUT2D eigenvalue weighted by molar-refractivity contribution is 7.13. The van der Waals surface area contributed by atoms with E-state index in [0.717, 1.165) is 23.9 Å². The van der Waals surface area contributed by atoms with Crippen molar-refractivity contribution in [1.82, 2.24) is 24.9 Å². The summed E-state index contributed by atoms with van der Waals surface area (Å²) in [4.78, 5) is 44.8. The van der Waals surface area contributed by atoms with E-state index in [1.54, 1.807) is 13.0 Å². The molecule has 1 N–H and O–H groups in total. The average Bonchev–Trinajstić information content (AvgIpc) is 3.36. The number of pyridine rings is 2. The summed E-state index contributed by atoms with van der Waals surface area (Å²) >= 11 is 6.53. The van der Waals surface area contributed by atoms with Gasteiger partial charge in [-0.05, 0) is 24.3 Å². The number of thiazole rings is 1. The van der Waals surface area contributed by atoms with Gasteiger partial charge < -0.3 is 5.32 Å². The Morgan fingerprint density at radius 3 is 2.62 bits per heavy atom. The molecule has 0 radical (unpaired) electrons. The van der Waals surface area contributed by atoms with Crippen molar-refractivity contribution in [2.24, 2.45) is 0 Å². The van der Waals surface area contributed by atoms with Gasteiger partial charge in [0.2, 0.25) is 5.95 Å². The highest BCUT2D eigenvalue weighted by Gasteiger charge is 2.34. The molecule has 0 aromatic carbocycles. The van der Waals surface area contributed by atoms with Crippen LogP contribution in [0, 0.1) is 5.95 Å². The molecule has 0 spiro atoms. The number of aromatic nitrogens is 5. The molecule has 0 aliphatic rings. The van der Waals surface area contributed by atoms with E-state index in [1.165, 1.54) is 24.5 Å². The van der Waals surface area contributed by atoms with Crippen LogP contribution >= 0.6 is 22.9 Å². The third kappa shape index (κ3) is 6.12. The van der Waals surface area contributed by atoms with Crippen LogP contribution in [0.3, 0.4) is 0 Å². The number of nitrogens with zero attached hydrogens (tertiary/aromatic N) is 5. The monoisotopic (exact) mass is 550 g/mol. The lowest BCUT2D eigenvalue weighted by atomic mass is 10.0. The Labute approximate surface area is 215 Å². The van der Waals surface area contributed by atoms with E-state index in [9.17, 15) is 27.2 Å². The second-order valence-corrected chi connectivity index (χ2v) is 9.19. The summed E-state index contributed by atoms with van der Waals surface area (Å²) < 4.78 is 53.1. The fourth-order valence-corrected chi connectivity index (χ4v) is 4.30. The van der Waals surface area contributed by atoms with E-state index in [-0.39, 0.29) is 39.9 Å². The van der Waals surface area contributed by atoms with E-state index < -0.39 is 34.5 Å². The third-order valence-corrected chi connectivity index (χ3v) is 6.58. The first kappa shape index (κ1) is 26.2. The molecule has 0 bridgehead atoms. The van der Waals surface area contributed by atoms with E-state index in [2.05, 4.69) is 30.2 Å². The highest BCUT2D eigenvalue weighted by atomic mass is 35.5. The summed E-state index contributed by atoms with van der Waals surface area (Å²) in [6.45, 7) is 1.72. The van der Waals surface area contributed by atoms with Crippen molar-refractivity contribution >= 4 is 40.4 Å². The second-order valence-electron chi connectivity index (χ2n) is 7.72. The lowest BCUT2D eigenvalue weighted by Gasteiger charge is -2.10. The topological polar surface area (TPSA) is 111 Å².